The number of carboxylic acid groups (broad SMARTS) is 1. The minimum Gasteiger partial charge on any atom is -0.465 e. The summed E-state index contributed by atoms with van der Waals surface area (Å²) < 4.78 is 6.47. The number of amides is 1. The second-order valence-electron chi connectivity index (χ2n) is 12.2. The van der Waals surface area contributed by atoms with Crippen LogP contribution in [0.4, 0.5) is 16.3 Å². The van der Waals surface area contributed by atoms with Crippen molar-refractivity contribution in [3.8, 4) is 12.1 Å². The fourth-order valence-corrected chi connectivity index (χ4v) is 7.98. The third-order valence-electron chi connectivity index (χ3n) is 9.83. The van der Waals surface area contributed by atoms with Gasteiger partial charge in [0.15, 0.2) is 0 Å². The van der Waals surface area contributed by atoms with Crippen molar-refractivity contribution in [1.29, 1.82) is 5.26 Å². The molecule has 0 aliphatic carbocycles. The highest BCUT2D eigenvalue weighted by molar-refractivity contribution is 6.36. The monoisotopic (exact) mass is 601 g/mol. The SMILES string of the molecule is N#CC[C@H]1CN(c2nc(OCC34CCCN3CCC4)nc3c2CCN(c2cccc4cccc(Cl)c24)C3)CCN1C(=O)O. The molecule has 43 heavy (non-hydrogen) atoms. The average molecular weight is 602 g/mol. The minimum atomic E-state index is -0.991. The number of hydrogen-bond donors (Lipinski definition) is 1. The molecule has 11 heteroatoms. The van der Waals surface area contributed by atoms with Crippen molar-refractivity contribution in [3.05, 3.63) is 52.7 Å². The highest BCUT2D eigenvalue weighted by Crippen LogP contribution is 2.40. The molecule has 1 amide bonds. The number of rotatable bonds is 6. The molecule has 7 rings (SSSR count). The average Bonchev–Trinajstić information content (AvgIpc) is 3.60. The Morgan fingerprint density at radius 2 is 1.86 bits per heavy atom. The first-order valence-corrected chi connectivity index (χ1v) is 15.6. The maximum absolute atomic E-state index is 11.9. The molecule has 0 unspecified atom stereocenters. The lowest BCUT2D eigenvalue weighted by molar-refractivity contribution is 0.107. The Morgan fingerprint density at radius 1 is 1.07 bits per heavy atom. The number of benzene rings is 2. The molecule has 0 radical (unpaired) electrons. The first-order chi connectivity index (χ1) is 21.0. The van der Waals surface area contributed by atoms with Crippen molar-refractivity contribution in [2.75, 3.05) is 55.7 Å². The Bertz CT molecular complexity index is 1580. The number of anilines is 2. The first kappa shape index (κ1) is 28.0. The highest BCUT2D eigenvalue weighted by Gasteiger charge is 2.45. The summed E-state index contributed by atoms with van der Waals surface area (Å²) in [5, 5.41) is 22.0. The fraction of sp³-hybridized carbons (Fsp3) is 0.500. The van der Waals surface area contributed by atoms with E-state index in [9.17, 15) is 15.2 Å². The number of hydrogen-bond acceptors (Lipinski definition) is 8. The standard InChI is InChI=1S/C32H36ClN7O3/c33-25-7-1-5-22-6-2-8-27(28(22)25)37-16-10-24-26(20-37)35-30(43-21-32-11-3-14-39(32)15-4-12-32)36-29(24)38-17-18-40(31(41)42)23(19-38)9-13-34/h1-2,5-8,23H,3-4,9-12,14-21H2,(H,41,42)/t23-/m0/s1. The van der Waals surface area contributed by atoms with E-state index in [4.69, 9.17) is 26.3 Å². The molecule has 3 saturated heterocycles. The largest absolute Gasteiger partial charge is 0.465 e. The zero-order chi connectivity index (χ0) is 29.6. The molecule has 0 saturated carbocycles. The van der Waals surface area contributed by atoms with Crippen LogP contribution in [0.1, 0.15) is 43.4 Å². The summed E-state index contributed by atoms with van der Waals surface area (Å²) in [7, 11) is 0. The third-order valence-corrected chi connectivity index (χ3v) is 10.1. The maximum atomic E-state index is 11.9. The van der Waals surface area contributed by atoms with Gasteiger partial charge >= 0.3 is 12.1 Å². The summed E-state index contributed by atoms with van der Waals surface area (Å²) in [5.41, 5.74) is 3.12. The normalized spacial score (nSPS) is 21.5. The van der Waals surface area contributed by atoms with Crippen LogP contribution < -0.4 is 14.5 Å². The highest BCUT2D eigenvalue weighted by atomic mass is 35.5. The Labute approximate surface area is 256 Å². The van der Waals surface area contributed by atoms with E-state index in [1.165, 1.54) is 17.7 Å². The van der Waals surface area contributed by atoms with Gasteiger partial charge in [-0.25, -0.2) is 4.79 Å². The van der Waals surface area contributed by atoms with Crippen LogP contribution in [-0.2, 0) is 13.0 Å². The van der Waals surface area contributed by atoms with E-state index in [1.807, 2.05) is 12.1 Å². The van der Waals surface area contributed by atoms with Crippen molar-refractivity contribution in [2.45, 2.75) is 56.7 Å². The van der Waals surface area contributed by atoms with E-state index in [-0.39, 0.29) is 12.0 Å². The zero-order valence-electron chi connectivity index (χ0n) is 24.2. The van der Waals surface area contributed by atoms with Gasteiger partial charge < -0.3 is 24.5 Å². The summed E-state index contributed by atoms with van der Waals surface area (Å²) in [6, 6.07) is 14.4. The number of ether oxygens (including phenoxy) is 1. The molecular weight excluding hydrogens is 566 g/mol. The first-order valence-electron chi connectivity index (χ1n) is 15.3. The van der Waals surface area contributed by atoms with Crippen molar-refractivity contribution >= 4 is 40.0 Å². The molecule has 3 aromatic rings. The van der Waals surface area contributed by atoms with E-state index in [0.717, 1.165) is 77.5 Å². The molecule has 1 atom stereocenters. The molecule has 10 nitrogen and oxygen atoms in total. The van der Waals surface area contributed by atoms with E-state index in [1.54, 1.807) is 0 Å². The van der Waals surface area contributed by atoms with Gasteiger partial charge in [-0.3, -0.25) is 4.90 Å². The Morgan fingerprint density at radius 3 is 2.63 bits per heavy atom. The summed E-state index contributed by atoms with van der Waals surface area (Å²) in [5.74, 6) is 0.802. The minimum absolute atomic E-state index is 0.0656. The lowest BCUT2D eigenvalue weighted by Gasteiger charge is -2.41. The van der Waals surface area contributed by atoms with Crippen molar-refractivity contribution in [1.82, 2.24) is 19.8 Å². The molecular formula is C32H36ClN7O3. The number of carbonyl (C=O) groups is 1. The van der Waals surface area contributed by atoms with Gasteiger partial charge in [-0.05, 0) is 62.7 Å². The van der Waals surface area contributed by atoms with Crippen LogP contribution in [0, 0.1) is 11.3 Å². The Kier molecular flexibility index (Phi) is 7.39. The zero-order valence-corrected chi connectivity index (χ0v) is 25.0. The molecule has 1 N–H and O–H groups in total. The van der Waals surface area contributed by atoms with E-state index in [2.05, 4.69) is 45.0 Å². The van der Waals surface area contributed by atoms with E-state index in [0.29, 0.717) is 38.8 Å². The molecule has 224 valence electrons. The second kappa shape index (κ2) is 11.4. The lowest BCUT2D eigenvalue weighted by atomic mass is 9.95. The quantitative estimate of drug-likeness (QED) is 0.420. The molecule has 2 aromatic carbocycles. The van der Waals surface area contributed by atoms with Gasteiger partial charge in [-0.15, -0.1) is 0 Å². The van der Waals surface area contributed by atoms with Crippen LogP contribution in [0.15, 0.2) is 36.4 Å². The van der Waals surface area contributed by atoms with Crippen LogP contribution >= 0.6 is 11.6 Å². The number of halogens is 1. The lowest BCUT2D eigenvalue weighted by Crippen LogP contribution is -2.55. The number of nitrogens with zero attached hydrogens (tertiary/aromatic N) is 7. The van der Waals surface area contributed by atoms with Gasteiger partial charge in [0.1, 0.15) is 12.4 Å². The number of aromatic nitrogens is 2. The molecule has 0 spiro atoms. The summed E-state index contributed by atoms with van der Waals surface area (Å²) >= 11 is 6.70. The van der Waals surface area contributed by atoms with Gasteiger partial charge in [-0.2, -0.15) is 15.2 Å². The van der Waals surface area contributed by atoms with Crippen LogP contribution in [0.5, 0.6) is 6.01 Å². The molecule has 5 heterocycles. The van der Waals surface area contributed by atoms with Crippen LogP contribution in [0.25, 0.3) is 10.8 Å². The topological polar surface area (TPSA) is 109 Å². The van der Waals surface area contributed by atoms with Gasteiger partial charge in [0.2, 0.25) is 0 Å². The van der Waals surface area contributed by atoms with Crippen LogP contribution in [0.3, 0.4) is 0 Å². The van der Waals surface area contributed by atoms with Crippen LogP contribution in [0.2, 0.25) is 5.02 Å². The molecule has 4 aliphatic rings. The second-order valence-corrected chi connectivity index (χ2v) is 12.6. The smallest absolute Gasteiger partial charge is 0.407 e. The molecule has 1 aromatic heterocycles. The van der Waals surface area contributed by atoms with Crippen LogP contribution in [-0.4, -0.2) is 88.4 Å². The van der Waals surface area contributed by atoms with Gasteiger partial charge in [0, 0.05) is 42.8 Å². The molecule has 4 aliphatic heterocycles. The summed E-state index contributed by atoms with van der Waals surface area (Å²) in [6.07, 6.45) is 4.52. The van der Waals surface area contributed by atoms with Crippen molar-refractivity contribution in [2.24, 2.45) is 0 Å². The third kappa shape index (κ3) is 5.08. The Hall–Kier alpha value is -3.81. The molecule has 3 fully saturated rings. The van der Waals surface area contributed by atoms with E-state index >= 15 is 0 Å². The Balaban J connectivity index is 1.23. The number of piperazine rings is 1. The molecule has 0 bridgehead atoms. The maximum Gasteiger partial charge on any atom is 0.407 e. The summed E-state index contributed by atoms with van der Waals surface area (Å²) in [6.45, 7) is 5.38. The number of nitriles is 1. The fourth-order valence-electron chi connectivity index (χ4n) is 7.70. The van der Waals surface area contributed by atoms with Gasteiger partial charge in [0.05, 0.1) is 41.3 Å². The van der Waals surface area contributed by atoms with Gasteiger partial charge in [-0.1, -0.05) is 35.9 Å². The predicted octanol–water partition coefficient (Wildman–Crippen LogP) is 4.94. The van der Waals surface area contributed by atoms with Gasteiger partial charge in [0.25, 0.3) is 0 Å². The predicted molar refractivity (Wildman–Crippen MR) is 165 cm³/mol. The summed E-state index contributed by atoms with van der Waals surface area (Å²) in [4.78, 5) is 30.3. The van der Waals surface area contributed by atoms with E-state index < -0.39 is 12.1 Å². The van der Waals surface area contributed by atoms with Crippen molar-refractivity contribution in [3.63, 3.8) is 0 Å². The van der Waals surface area contributed by atoms with Crippen molar-refractivity contribution < 1.29 is 14.6 Å². The number of fused-ring (bicyclic) bond motifs is 3.